The molecule has 2 heteroatoms. The lowest BCUT2D eigenvalue weighted by Crippen LogP contribution is -2.59. The van der Waals surface area contributed by atoms with Gasteiger partial charge in [0.25, 0.3) is 0 Å². The summed E-state index contributed by atoms with van der Waals surface area (Å²) in [6, 6.07) is 56.8. The lowest BCUT2D eigenvalue weighted by atomic mass is 9.38. The molecule has 0 saturated heterocycles. The normalized spacial score (nSPS) is 25.5. The Morgan fingerprint density at radius 3 is 2.17 bits per heavy atom. The third-order valence-corrected chi connectivity index (χ3v) is 14.7. The van der Waals surface area contributed by atoms with Gasteiger partial charge in [-0.15, -0.1) is 0 Å². The van der Waals surface area contributed by atoms with Crippen LogP contribution in [-0.2, 0) is 11.8 Å². The Kier molecular flexibility index (Phi) is 6.54. The maximum atomic E-state index is 2.57. The summed E-state index contributed by atoms with van der Waals surface area (Å²) >= 11 is 0. The van der Waals surface area contributed by atoms with Gasteiger partial charge < -0.3 is 9.47 Å². The summed E-state index contributed by atoms with van der Waals surface area (Å²) in [4.78, 5) is 2.57. The van der Waals surface area contributed by atoms with E-state index in [9.17, 15) is 0 Å². The fraction of sp³-hybridized carbons (Fsp3) is 0.231. The molecule has 54 heavy (non-hydrogen) atoms. The van der Waals surface area contributed by atoms with Crippen molar-refractivity contribution < 1.29 is 0 Å². The molecule has 5 aliphatic carbocycles. The number of benzene rings is 6. The maximum Gasteiger partial charge on any atom is 0.0540 e. The van der Waals surface area contributed by atoms with Crippen molar-refractivity contribution in [1.29, 1.82) is 0 Å². The number of allylic oxidation sites excluding steroid dienone is 1. The molecular formula is C52H44N2. The first-order chi connectivity index (χ1) is 26.7. The molecule has 262 valence electrons. The molecule has 1 aromatic heterocycles. The van der Waals surface area contributed by atoms with Gasteiger partial charge in [0.1, 0.15) is 0 Å². The second-order valence-corrected chi connectivity index (χ2v) is 17.0. The Bertz CT molecular complexity index is 2610. The zero-order valence-corrected chi connectivity index (χ0v) is 30.7. The third kappa shape index (κ3) is 4.23. The molecule has 4 saturated carbocycles. The Labute approximate surface area is 318 Å². The van der Waals surface area contributed by atoms with Gasteiger partial charge in [-0.3, -0.25) is 0 Å². The molecule has 7 aromatic rings. The average molecular weight is 697 g/mol. The molecule has 1 spiro atoms. The smallest absolute Gasteiger partial charge is 0.0540 e. The molecule has 1 heterocycles. The van der Waals surface area contributed by atoms with E-state index in [2.05, 4.69) is 173 Å². The van der Waals surface area contributed by atoms with Gasteiger partial charge in [0.05, 0.1) is 11.2 Å². The summed E-state index contributed by atoms with van der Waals surface area (Å²) in [5, 5.41) is 1.37. The first-order valence-electron chi connectivity index (χ1n) is 20.2. The van der Waals surface area contributed by atoms with E-state index in [1.165, 1.54) is 99.3 Å². The molecule has 0 N–H and O–H groups in total. The van der Waals surface area contributed by atoms with Crippen LogP contribution in [-0.4, -0.2) is 4.57 Å². The number of fused-ring (bicyclic) bond motifs is 4. The van der Waals surface area contributed by atoms with Crippen LogP contribution in [0.15, 0.2) is 158 Å². The molecule has 12 rings (SSSR count). The first-order valence-corrected chi connectivity index (χ1v) is 20.2. The van der Waals surface area contributed by atoms with Crippen molar-refractivity contribution >= 4 is 34.0 Å². The second-order valence-electron chi connectivity index (χ2n) is 17.0. The number of nitrogens with zero attached hydrogens (tertiary/aromatic N) is 2. The van der Waals surface area contributed by atoms with Crippen LogP contribution in [0.1, 0.15) is 55.3 Å². The number of rotatable bonds is 7. The summed E-state index contributed by atoms with van der Waals surface area (Å²) in [7, 11) is 0. The van der Waals surface area contributed by atoms with Gasteiger partial charge in [-0.2, -0.15) is 0 Å². The summed E-state index contributed by atoms with van der Waals surface area (Å²) in [6.07, 6.45) is 14.0. The van der Waals surface area contributed by atoms with Crippen molar-refractivity contribution in [2.75, 3.05) is 4.90 Å². The van der Waals surface area contributed by atoms with E-state index in [1.807, 2.05) is 0 Å². The highest BCUT2D eigenvalue weighted by molar-refractivity contribution is 5.92. The second kappa shape index (κ2) is 11.5. The van der Waals surface area contributed by atoms with Gasteiger partial charge in [0, 0.05) is 33.7 Å². The minimum atomic E-state index is 0.290. The topological polar surface area (TPSA) is 8.17 Å². The molecule has 2 bridgehead atoms. The molecule has 0 amide bonds. The lowest BCUT2D eigenvalue weighted by Gasteiger charge is -2.66. The van der Waals surface area contributed by atoms with Crippen molar-refractivity contribution in [1.82, 2.24) is 4.57 Å². The van der Waals surface area contributed by atoms with E-state index < -0.39 is 0 Å². The van der Waals surface area contributed by atoms with Crippen LogP contribution in [0.3, 0.4) is 0 Å². The maximum absolute atomic E-state index is 2.57. The Morgan fingerprint density at radius 2 is 1.33 bits per heavy atom. The number of hydrogen-bond acceptors (Lipinski definition) is 1. The minimum Gasteiger partial charge on any atom is -0.310 e. The van der Waals surface area contributed by atoms with Gasteiger partial charge in [-0.05, 0) is 150 Å². The molecular weight excluding hydrogens is 653 g/mol. The highest BCUT2D eigenvalue weighted by atomic mass is 15.1. The number of anilines is 3. The van der Waals surface area contributed by atoms with Crippen LogP contribution in [0, 0.1) is 23.2 Å². The molecule has 5 aliphatic rings. The quantitative estimate of drug-likeness (QED) is 0.161. The van der Waals surface area contributed by atoms with Crippen molar-refractivity contribution in [3.63, 3.8) is 0 Å². The van der Waals surface area contributed by atoms with Crippen molar-refractivity contribution in [3.05, 3.63) is 175 Å². The van der Waals surface area contributed by atoms with Crippen molar-refractivity contribution in [2.24, 2.45) is 23.2 Å². The van der Waals surface area contributed by atoms with E-state index in [-0.39, 0.29) is 0 Å². The molecule has 2 unspecified atom stereocenters. The van der Waals surface area contributed by atoms with Crippen LogP contribution >= 0.6 is 0 Å². The molecule has 2 nitrogen and oxygen atoms in total. The fourth-order valence-corrected chi connectivity index (χ4v) is 12.5. The van der Waals surface area contributed by atoms with E-state index in [0.29, 0.717) is 10.8 Å². The average Bonchev–Trinajstić information content (AvgIpc) is 3.85. The molecule has 2 atom stereocenters. The highest BCUT2D eigenvalue weighted by Gasteiger charge is 2.77. The number of para-hydroxylation sites is 3. The molecule has 0 aliphatic heterocycles. The number of aromatic nitrogens is 1. The minimum absolute atomic E-state index is 0.290. The van der Waals surface area contributed by atoms with Crippen molar-refractivity contribution in [3.8, 4) is 27.9 Å². The fourth-order valence-electron chi connectivity index (χ4n) is 12.5. The Morgan fingerprint density at radius 1 is 0.593 bits per heavy atom. The summed E-state index contributed by atoms with van der Waals surface area (Å²) in [5.41, 5.74) is 16.6. The predicted molar refractivity (Wildman–Crippen MR) is 224 cm³/mol. The van der Waals surface area contributed by atoms with E-state index in [0.717, 1.165) is 30.6 Å². The predicted octanol–water partition coefficient (Wildman–Crippen LogP) is 13.5. The van der Waals surface area contributed by atoms with Crippen molar-refractivity contribution in [2.45, 2.75) is 50.4 Å². The largest absolute Gasteiger partial charge is 0.310 e. The number of aryl methyl sites for hydroxylation is 1. The van der Waals surface area contributed by atoms with E-state index >= 15 is 0 Å². The van der Waals surface area contributed by atoms with Gasteiger partial charge >= 0.3 is 0 Å². The molecule has 6 aromatic carbocycles. The molecule has 0 radical (unpaired) electrons. The van der Waals surface area contributed by atoms with Crippen LogP contribution in [0.2, 0.25) is 0 Å². The zero-order chi connectivity index (χ0) is 35.4. The highest BCUT2D eigenvalue weighted by Crippen LogP contribution is 2.84. The number of hydrogen-bond donors (Lipinski definition) is 0. The van der Waals surface area contributed by atoms with Gasteiger partial charge in [-0.1, -0.05) is 115 Å². The van der Waals surface area contributed by atoms with E-state index in [4.69, 9.17) is 0 Å². The standard InChI is InChI=1S/C52H44N2/c1-2-13-35(14-3-1)37-15-12-16-42(29-37)53(50-24-11-7-20-46(50)51-32-39-30-38-31-40(33-51)52(38,39)34-51)41-27-25-36(26-28-41)43-17-4-8-21-47(43)54-48-22-9-5-18-44(48)45-19-6-10-23-49(45)54/h1-5,7-18,20-29,38-40H,6,19,30-34H2/t38-,39?,40?,51?,52+. The lowest BCUT2D eigenvalue weighted by molar-refractivity contribution is -0.175. The van der Waals surface area contributed by atoms with Gasteiger partial charge in [0.15, 0.2) is 0 Å². The van der Waals surface area contributed by atoms with Crippen LogP contribution in [0.5, 0.6) is 0 Å². The van der Waals surface area contributed by atoms with Gasteiger partial charge in [0.2, 0.25) is 0 Å². The Balaban J connectivity index is 0.997. The van der Waals surface area contributed by atoms with Crippen LogP contribution in [0.25, 0.3) is 44.9 Å². The monoisotopic (exact) mass is 696 g/mol. The zero-order valence-electron chi connectivity index (χ0n) is 30.7. The Hall–Kier alpha value is -5.60. The SMILES string of the molecule is C1=Cc2c(c3ccccc3n2-c2ccccc2-c2ccc(N(c3cccc(-c4ccccc4)c3)c3ccccc3C34CC5C[C@H]6CC(C3)[C@@]56C4)cc2)CC1. The summed E-state index contributed by atoms with van der Waals surface area (Å²) in [6.45, 7) is 0. The van der Waals surface area contributed by atoms with Crippen LogP contribution < -0.4 is 4.90 Å². The van der Waals surface area contributed by atoms with E-state index in [1.54, 1.807) is 5.56 Å². The van der Waals surface area contributed by atoms with Crippen LogP contribution in [0.4, 0.5) is 17.1 Å². The summed E-state index contributed by atoms with van der Waals surface area (Å²) in [5.74, 6) is 2.88. The van der Waals surface area contributed by atoms with Gasteiger partial charge in [-0.25, -0.2) is 0 Å². The molecule has 4 fully saturated rings. The summed E-state index contributed by atoms with van der Waals surface area (Å²) < 4.78 is 2.49. The third-order valence-electron chi connectivity index (χ3n) is 14.7. The first kappa shape index (κ1) is 30.8.